The molecule has 1 aliphatic heterocycles. The van der Waals surface area contributed by atoms with Crippen molar-refractivity contribution in [2.45, 2.75) is 43.8 Å². The minimum atomic E-state index is -1.24. The lowest BCUT2D eigenvalue weighted by atomic mass is 9.76. The van der Waals surface area contributed by atoms with Crippen LogP contribution in [-0.2, 0) is 20.3 Å². The van der Waals surface area contributed by atoms with Crippen LogP contribution in [0.2, 0.25) is 0 Å². The summed E-state index contributed by atoms with van der Waals surface area (Å²) < 4.78 is 27.3. The molecule has 0 amide bonds. The summed E-state index contributed by atoms with van der Waals surface area (Å²) >= 11 is 0. The highest BCUT2D eigenvalue weighted by Gasteiger charge is 2.52. The minimum Gasteiger partial charge on any atom is -0.399 e. The molecule has 2 aromatic rings. The number of hydrogen-bond donors (Lipinski definition) is 1. The lowest BCUT2D eigenvalue weighted by Crippen LogP contribution is -2.41. The fourth-order valence-corrected chi connectivity index (χ4v) is 3.55. The van der Waals surface area contributed by atoms with Crippen LogP contribution in [0.5, 0.6) is 0 Å². The van der Waals surface area contributed by atoms with Crippen LogP contribution >= 0.6 is 0 Å². The molecule has 0 aliphatic carbocycles. The standard InChI is InChI=1S/C17H22BNO3S/c1-16(2)17(3,4)22-18(21-16)14-10-6-9-13-12(14)8-7-11-15(13)23(20)19-5/h6-11,19H,1-5H3. The molecule has 4 nitrogen and oxygen atoms in total. The van der Waals surface area contributed by atoms with Gasteiger partial charge >= 0.3 is 7.12 Å². The largest absolute Gasteiger partial charge is 0.495 e. The van der Waals surface area contributed by atoms with Crippen LogP contribution in [0.15, 0.2) is 41.3 Å². The predicted octanol–water partition coefficient (Wildman–Crippen LogP) is 2.38. The van der Waals surface area contributed by atoms with Gasteiger partial charge in [-0.05, 0) is 57.0 Å². The molecule has 0 bridgehead atoms. The Hall–Kier alpha value is -1.21. The number of hydrogen-bond acceptors (Lipinski definition) is 3. The Labute approximate surface area is 140 Å². The molecule has 0 aromatic heterocycles. The molecule has 0 radical (unpaired) electrons. The maximum atomic E-state index is 12.2. The second-order valence-electron chi connectivity index (χ2n) is 6.76. The molecule has 0 saturated carbocycles. The van der Waals surface area contributed by atoms with Gasteiger partial charge in [0.1, 0.15) is 11.0 Å². The molecule has 2 aromatic carbocycles. The normalized spacial score (nSPS) is 20.8. The van der Waals surface area contributed by atoms with Gasteiger partial charge in [-0.15, -0.1) is 0 Å². The van der Waals surface area contributed by atoms with Gasteiger partial charge in [0.05, 0.1) is 16.1 Å². The Kier molecular flexibility index (Phi) is 4.13. The van der Waals surface area contributed by atoms with Crippen molar-refractivity contribution in [1.29, 1.82) is 0 Å². The average Bonchev–Trinajstić information content (AvgIpc) is 2.73. The van der Waals surface area contributed by atoms with Crippen LogP contribution in [0, 0.1) is 0 Å². The molecule has 1 heterocycles. The average molecular weight is 331 g/mol. The van der Waals surface area contributed by atoms with Gasteiger partial charge in [0.15, 0.2) is 0 Å². The third kappa shape index (κ3) is 2.74. The molecule has 1 aliphatic rings. The van der Waals surface area contributed by atoms with Crippen molar-refractivity contribution in [3.8, 4) is 0 Å². The van der Waals surface area contributed by atoms with Crippen LogP contribution in [-0.4, -0.2) is 29.6 Å². The van der Waals surface area contributed by atoms with E-state index in [1.807, 2.05) is 64.1 Å². The quantitative estimate of drug-likeness (QED) is 0.879. The summed E-state index contributed by atoms with van der Waals surface area (Å²) in [4.78, 5) is 0.767. The SMILES string of the molecule is CNS(=O)c1cccc2c(B3OC(C)(C)C(C)(C)O3)cccc12. The molecule has 3 rings (SSSR count). The van der Waals surface area contributed by atoms with Gasteiger partial charge in [-0.25, -0.2) is 8.93 Å². The zero-order valence-electron chi connectivity index (χ0n) is 14.2. The summed E-state index contributed by atoms with van der Waals surface area (Å²) in [7, 11) is 0.0219. The predicted molar refractivity (Wildman–Crippen MR) is 95.1 cm³/mol. The molecule has 1 atom stereocenters. The lowest BCUT2D eigenvalue weighted by molar-refractivity contribution is 0.00578. The Morgan fingerprint density at radius 3 is 2.13 bits per heavy atom. The molecule has 1 fully saturated rings. The molecule has 1 N–H and O–H groups in total. The number of nitrogens with one attached hydrogen (secondary N) is 1. The van der Waals surface area contributed by atoms with E-state index < -0.39 is 18.1 Å². The molecule has 0 spiro atoms. The van der Waals surface area contributed by atoms with E-state index >= 15 is 0 Å². The van der Waals surface area contributed by atoms with Crippen molar-refractivity contribution in [3.05, 3.63) is 36.4 Å². The summed E-state index contributed by atoms with van der Waals surface area (Å²) in [6.07, 6.45) is 0. The highest BCUT2D eigenvalue weighted by molar-refractivity contribution is 7.83. The Morgan fingerprint density at radius 1 is 0.957 bits per heavy atom. The van der Waals surface area contributed by atoms with Gasteiger partial charge in [0.2, 0.25) is 0 Å². The Bertz CT molecular complexity index is 760. The molecular weight excluding hydrogens is 309 g/mol. The maximum absolute atomic E-state index is 12.2. The highest BCUT2D eigenvalue weighted by atomic mass is 32.2. The van der Waals surface area contributed by atoms with Gasteiger partial charge in [0, 0.05) is 0 Å². The third-order valence-electron chi connectivity index (χ3n) is 4.81. The van der Waals surface area contributed by atoms with Crippen molar-refractivity contribution >= 4 is 34.3 Å². The summed E-state index contributed by atoms with van der Waals surface area (Å²) in [6, 6.07) is 11.8. The molecule has 1 saturated heterocycles. The van der Waals surface area contributed by atoms with E-state index in [4.69, 9.17) is 9.31 Å². The molecular formula is C17H22BNO3S. The van der Waals surface area contributed by atoms with Gasteiger partial charge in [-0.1, -0.05) is 30.3 Å². The first-order valence-electron chi connectivity index (χ1n) is 7.73. The third-order valence-corrected chi connectivity index (χ3v) is 5.93. The number of rotatable bonds is 3. The second kappa shape index (κ2) is 5.70. The van der Waals surface area contributed by atoms with E-state index in [2.05, 4.69) is 4.72 Å². The monoisotopic (exact) mass is 331 g/mol. The van der Waals surface area contributed by atoms with E-state index in [1.54, 1.807) is 7.05 Å². The Balaban J connectivity index is 2.12. The van der Waals surface area contributed by atoms with Crippen LogP contribution in [0.4, 0.5) is 0 Å². The first kappa shape index (κ1) is 16.6. The zero-order valence-corrected chi connectivity index (χ0v) is 15.0. The van der Waals surface area contributed by atoms with Crippen LogP contribution in [0.3, 0.4) is 0 Å². The smallest absolute Gasteiger partial charge is 0.399 e. The first-order chi connectivity index (χ1) is 10.8. The van der Waals surface area contributed by atoms with E-state index in [1.165, 1.54) is 0 Å². The summed E-state index contributed by atoms with van der Waals surface area (Å²) in [6.45, 7) is 8.17. The van der Waals surface area contributed by atoms with E-state index in [9.17, 15) is 4.21 Å². The first-order valence-corrected chi connectivity index (χ1v) is 8.88. The van der Waals surface area contributed by atoms with E-state index in [0.29, 0.717) is 0 Å². The van der Waals surface area contributed by atoms with Crippen LogP contribution < -0.4 is 10.2 Å². The van der Waals surface area contributed by atoms with E-state index in [-0.39, 0.29) is 11.2 Å². The summed E-state index contributed by atoms with van der Waals surface area (Å²) in [5.74, 6) is 0. The van der Waals surface area contributed by atoms with Gasteiger partial charge in [-0.2, -0.15) is 0 Å². The molecule has 1 unspecified atom stereocenters. The Morgan fingerprint density at radius 2 is 1.52 bits per heavy atom. The lowest BCUT2D eigenvalue weighted by Gasteiger charge is -2.32. The summed E-state index contributed by atoms with van der Waals surface area (Å²) in [5, 5.41) is 1.96. The highest BCUT2D eigenvalue weighted by Crippen LogP contribution is 2.37. The molecule has 122 valence electrons. The summed E-state index contributed by atoms with van der Waals surface area (Å²) in [5.41, 5.74) is 0.201. The zero-order chi connectivity index (χ0) is 16.8. The van der Waals surface area contributed by atoms with Crippen molar-refractivity contribution in [3.63, 3.8) is 0 Å². The van der Waals surface area contributed by atoms with Crippen molar-refractivity contribution in [2.24, 2.45) is 0 Å². The van der Waals surface area contributed by atoms with Crippen molar-refractivity contribution in [2.75, 3.05) is 7.05 Å². The van der Waals surface area contributed by atoms with Crippen molar-refractivity contribution in [1.82, 2.24) is 4.72 Å². The van der Waals surface area contributed by atoms with E-state index in [0.717, 1.165) is 21.1 Å². The van der Waals surface area contributed by atoms with Crippen molar-refractivity contribution < 1.29 is 13.5 Å². The topological polar surface area (TPSA) is 47.6 Å². The van der Waals surface area contributed by atoms with Gasteiger partial charge in [0.25, 0.3) is 0 Å². The molecule has 6 heteroatoms. The van der Waals surface area contributed by atoms with Crippen LogP contribution in [0.1, 0.15) is 27.7 Å². The fraction of sp³-hybridized carbons (Fsp3) is 0.412. The van der Waals surface area contributed by atoms with Gasteiger partial charge in [-0.3, -0.25) is 0 Å². The minimum absolute atomic E-state index is 0.384. The number of benzene rings is 2. The maximum Gasteiger partial charge on any atom is 0.495 e. The fourth-order valence-electron chi connectivity index (χ4n) is 2.75. The number of fused-ring (bicyclic) bond motifs is 1. The second-order valence-corrected chi connectivity index (χ2v) is 8.15. The van der Waals surface area contributed by atoms with Crippen LogP contribution in [0.25, 0.3) is 10.8 Å². The van der Waals surface area contributed by atoms with Gasteiger partial charge < -0.3 is 9.31 Å². The molecule has 23 heavy (non-hydrogen) atoms.